The fourth-order valence-electron chi connectivity index (χ4n) is 1.60. The lowest BCUT2D eigenvalue weighted by Crippen LogP contribution is -2.21. The second kappa shape index (κ2) is 6.97. The number of carbonyl (C=O) groups is 1. The molecular formula is C15H23FN2OS. The second-order valence-electron chi connectivity index (χ2n) is 5.84. The molecule has 2 N–H and O–H groups in total. The SMILES string of the molecule is CC(=O)Nc1cc(N[C@H](C)CSC(C)(C)C)ccc1F. The van der Waals surface area contributed by atoms with Crippen molar-refractivity contribution in [2.24, 2.45) is 0 Å². The van der Waals surface area contributed by atoms with Crippen LogP contribution in [0.2, 0.25) is 0 Å². The molecule has 0 unspecified atom stereocenters. The van der Waals surface area contributed by atoms with E-state index in [4.69, 9.17) is 0 Å². The molecule has 0 heterocycles. The van der Waals surface area contributed by atoms with E-state index >= 15 is 0 Å². The van der Waals surface area contributed by atoms with Crippen molar-refractivity contribution >= 4 is 29.0 Å². The van der Waals surface area contributed by atoms with E-state index in [-0.39, 0.29) is 22.4 Å². The van der Waals surface area contributed by atoms with Gasteiger partial charge in [0.05, 0.1) is 5.69 Å². The van der Waals surface area contributed by atoms with Gasteiger partial charge in [0.15, 0.2) is 0 Å². The first-order valence-corrected chi connectivity index (χ1v) is 7.63. The van der Waals surface area contributed by atoms with Crippen LogP contribution in [0.25, 0.3) is 0 Å². The second-order valence-corrected chi connectivity index (χ2v) is 7.69. The Bertz CT molecular complexity index is 471. The zero-order valence-electron chi connectivity index (χ0n) is 12.7. The number of amides is 1. The molecule has 5 heteroatoms. The number of nitrogens with one attached hydrogen (secondary N) is 2. The van der Waals surface area contributed by atoms with Crippen molar-refractivity contribution < 1.29 is 9.18 Å². The highest BCUT2D eigenvalue weighted by atomic mass is 32.2. The Morgan fingerprint density at radius 3 is 2.60 bits per heavy atom. The van der Waals surface area contributed by atoms with Crippen LogP contribution in [-0.2, 0) is 4.79 Å². The number of benzene rings is 1. The highest BCUT2D eigenvalue weighted by Crippen LogP contribution is 2.25. The summed E-state index contributed by atoms with van der Waals surface area (Å²) in [6, 6.07) is 4.92. The third-order valence-electron chi connectivity index (χ3n) is 2.46. The summed E-state index contributed by atoms with van der Waals surface area (Å²) >= 11 is 1.87. The summed E-state index contributed by atoms with van der Waals surface area (Å²) in [6.45, 7) is 9.98. The fraction of sp³-hybridized carbons (Fsp3) is 0.533. The molecule has 1 amide bonds. The molecule has 1 aromatic carbocycles. The predicted octanol–water partition coefficient (Wildman–Crippen LogP) is 4.12. The standard InChI is InChI=1S/C15H23FN2OS/c1-10(9-20-15(3,4)5)17-12-6-7-13(16)14(8-12)18-11(2)19/h6-8,10,17H,9H2,1-5H3,(H,18,19)/t10-/m1/s1. The topological polar surface area (TPSA) is 41.1 Å². The Balaban J connectivity index is 2.65. The predicted molar refractivity (Wildman–Crippen MR) is 86.0 cm³/mol. The van der Waals surface area contributed by atoms with Gasteiger partial charge in [-0.1, -0.05) is 20.8 Å². The molecule has 1 atom stereocenters. The van der Waals surface area contributed by atoms with E-state index < -0.39 is 5.82 Å². The summed E-state index contributed by atoms with van der Waals surface area (Å²) in [4.78, 5) is 11.0. The molecule has 0 bridgehead atoms. The Labute approximate surface area is 124 Å². The van der Waals surface area contributed by atoms with E-state index in [9.17, 15) is 9.18 Å². The molecule has 0 spiro atoms. The molecule has 1 aromatic rings. The average Bonchev–Trinajstić information content (AvgIpc) is 2.29. The van der Waals surface area contributed by atoms with E-state index in [0.29, 0.717) is 0 Å². The van der Waals surface area contributed by atoms with Gasteiger partial charge < -0.3 is 10.6 Å². The van der Waals surface area contributed by atoms with Crippen LogP contribution in [0.1, 0.15) is 34.6 Å². The van der Waals surface area contributed by atoms with Gasteiger partial charge in [0, 0.05) is 29.2 Å². The first-order valence-electron chi connectivity index (χ1n) is 6.65. The maximum atomic E-state index is 13.5. The normalized spacial score (nSPS) is 12.9. The van der Waals surface area contributed by atoms with E-state index in [1.54, 1.807) is 12.1 Å². The molecule has 0 saturated carbocycles. The highest BCUT2D eigenvalue weighted by molar-refractivity contribution is 8.00. The van der Waals surface area contributed by atoms with Gasteiger partial charge in [0.2, 0.25) is 5.91 Å². The van der Waals surface area contributed by atoms with Crippen molar-refractivity contribution in [2.45, 2.75) is 45.4 Å². The lowest BCUT2D eigenvalue weighted by atomic mass is 10.2. The Kier molecular flexibility index (Phi) is 5.87. The Morgan fingerprint density at radius 1 is 1.40 bits per heavy atom. The van der Waals surface area contributed by atoms with E-state index in [1.165, 1.54) is 13.0 Å². The molecule has 0 aliphatic carbocycles. The monoisotopic (exact) mass is 298 g/mol. The smallest absolute Gasteiger partial charge is 0.221 e. The minimum atomic E-state index is -0.428. The van der Waals surface area contributed by atoms with Gasteiger partial charge in [-0.3, -0.25) is 4.79 Å². The van der Waals surface area contributed by atoms with Crippen LogP contribution < -0.4 is 10.6 Å². The fourth-order valence-corrected chi connectivity index (χ4v) is 2.44. The quantitative estimate of drug-likeness (QED) is 0.859. The summed E-state index contributed by atoms with van der Waals surface area (Å²) in [5.74, 6) is 0.246. The van der Waals surface area contributed by atoms with Crippen LogP contribution in [-0.4, -0.2) is 22.4 Å². The maximum absolute atomic E-state index is 13.5. The average molecular weight is 298 g/mol. The number of hydrogen-bond donors (Lipinski definition) is 2. The maximum Gasteiger partial charge on any atom is 0.221 e. The lowest BCUT2D eigenvalue weighted by molar-refractivity contribution is -0.114. The zero-order valence-corrected chi connectivity index (χ0v) is 13.5. The van der Waals surface area contributed by atoms with Crippen LogP contribution in [0.3, 0.4) is 0 Å². The van der Waals surface area contributed by atoms with Crippen molar-refractivity contribution in [2.75, 3.05) is 16.4 Å². The van der Waals surface area contributed by atoms with Crippen LogP contribution in [0.4, 0.5) is 15.8 Å². The summed E-state index contributed by atoms with van der Waals surface area (Å²) < 4.78 is 13.7. The summed E-state index contributed by atoms with van der Waals surface area (Å²) in [5.41, 5.74) is 1.01. The minimum Gasteiger partial charge on any atom is -0.382 e. The largest absolute Gasteiger partial charge is 0.382 e. The van der Waals surface area contributed by atoms with Gasteiger partial charge in [-0.05, 0) is 25.1 Å². The van der Waals surface area contributed by atoms with Gasteiger partial charge in [-0.2, -0.15) is 11.8 Å². The van der Waals surface area contributed by atoms with E-state index in [0.717, 1.165) is 11.4 Å². The number of carbonyl (C=O) groups excluding carboxylic acids is 1. The molecule has 0 fully saturated rings. The van der Waals surface area contributed by atoms with Gasteiger partial charge in [0.1, 0.15) is 5.82 Å². The number of rotatable bonds is 5. The third-order valence-corrected chi connectivity index (χ3v) is 3.99. The van der Waals surface area contributed by atoms with Gasteiger partial charge >= 0.3 is 0 Å². The van der Waals surface area contributed by atoms with Crippen LogP contribution in [0.5, 0.6) is 0 Å². The molecule has 0 saturated heterocycles. The molecule has 0 aromatic heterocycles. The summed E-state index contributed by atoms with van der Waals surface area (Å²) in [6.07, 6.45) is 0. The highest BCUT2D eigenvalue weighted by Gasteiger charge is 2.13. The van der Waals surface area contributed by atoms with E-state index in [2.05, 4.69) is 38.3 Å². The lowest BCUT2D eigenvalue weighted by Gasteiger charge is -2.22. The molecule has 1 rings (SSSR count). The van der Waals surface area contributed by atoms with Crippen molar-refractivity contribution in [1.82, 2.24) is 0 Å². The molecular weight excluding hydrogens is 275 g/mol. The van der Waals surface area contributed by atoms with Crippen LogP contribution in [0, 0.1) is 5.82 Å². The molecule has 0 aliphatic rings. The van der Waals surface area contributed by atoms with Crippen molar-refractivity contribution in [3.63, 3.8) is 0 Å². The Hall–Kier alpha value is -1.23. The third kappa shape index (κ3) is 6.28. The molecule has 0 radical (unpaired) electrons. The van der Waals surface area contributed by atoms with Crippen molar-refractivity contribution in [3.8, 4) is 0 Å². The van der Waals surface area contributed by atoms with Crippen LogP contribution >= 0.6 is 11.8 Å². The molecule has 112 valence electrons. The molecule has 0 aliphatic heterocycles. The number of thioether (sulfide) groups is 1. The number of anilines is 2. The van der Waals surface area contributed by atoms with Crippen molar-refractivity contribution in [3.05, 3.63) is 24.0 Å². The van der Waals surface area contributed by atoms with Gasteiger partial charge in [-0.25, -0.2) is 4.39 Å². The van der Waals surface area contributed by atoms with E-state index in [1.807, 2.05) is 11.8 Å². The zero-order chi connectivity index (χ0) is 15.3. The van der Waals surface area contributed by atoms with Gasteiger partial charge in [0.25, 0.3) is 0 Å². The molecule has 20 heavy (non-hydrogen) atoms. The molecule has 3 nitrogen and oxygen atoms in total. The van der Waals surface area contributed by atoms with Crippen LogP contribution in [0.15, 0.2) is 18.2 Å². The first kappa shape index (κ1) is 16.8. The first-order chi connectivity index (χ1) is 9.17. The minimum absolute atomic E-state index is 0.207. The summed E-state index contributed by atoms with van der Waals surface area (Å²) in [5, 5.41) is 5.80. The van der Waals surface area contributed by atoms with Gasteiger partial charge in [-0.15, -0.1) is 0 Å². The Morgan fingerprint density at radius 2 is 2.05 bits per heavy atom. The number of halogens is 1. The number of hydrogen-bond acceptors (Lipinski definition) is 3. The summed E-state index contributed by atoms with van der Waals surface area (Å²) in [7, 11) is 0. The van der Waals surface area contributed by atoms with Crippen molar-refractivity contribution in [1.29, 1.82) is 0 Å².